The molecule has 0 unspecified atom stereocenters. The van der Waals surface area contributed by atoms with Crippen molar-refractivity contribution >= 4 is 32.7 Å². The lowest BCUT2D eigenvalue weighted by Crippen LogP contribution is -2.13. The monoisotopic (exact) mass is 461 g/mol. The van der Waals surface area contributed by atoms with Gasteiger partial charge in [0.2, 0.25) is 0 Å². The maximum absolute atomic E-state index is 12.8. The van der Waals surface area contributed by atoms with Crippen LogP contribution in [0.1, 0.15) is 12.5 Å². The van der Waals surface area contributed by atoms with Crippen molar-refractivity contribution in [2.24, 2.45) is 0 Å². The van der Waals surface area contributed by atoms with Crippen molar-refractivity contribution < 1.29 is 8.42 Å². The Hall–Kier alpha value is -3.56. The van der Waals surface area contributed by atoms with Crippen LogP contribution in [0.5, 0.6) is 0 Å². The molecule has 7 nitrogen and oxygen atoms in total. The Morgan fingerprint density at radius 2 is 1.81 bits per heavy atom. The van der Waals surface area contributed by atoms with Crippen LogP contribution in [0.25, 0.3) is 27.6 Å². The topological polar surface area (TPSA) is 89.2 Å². The number of rotatable bonds is 6. The molecule has 0 atom stereocenters. The quantitative estimate of drug-likeness (QED) is 0.389. The Morgan fingerprint density at radius 1 is 0.969 bits per heavy atom. The maximum Gasteiger partial charge on any atom is 0.261 e. The van der Waals surface area contributed by atoms with Gasteiger partial charge >= 0.3 is 0 Å². The van der Waals surface area contributed by atoms with Gasteiger partial charge in [0.15, 0.2) is 11.5 Å². The van der Waals surface area contributed by atoms with Crippen LogP contribution >= 0.6 is 11.3 Å². The lowest BCUT2D eigenvalue weighted by atomic mass is 10.1. The van der Waals surface area contributed by atoms with Crippen LogP contribution in [0.2, 0.25) is 0 Å². The fourth-order valence-corrected chi connectivity index (χ4v) is 5.11. The minimum atomic E-state index is -3.69. The predicted octanol–water partition coefficient (Wildman–Crippen LogP) is 4.88. The van der Waals surface area contributed by atoms with Crippen LogP contribution in [-0.4, -0.2) is 28.2 Å². The third-order valence-electron chi connectivity index (χ3n) is 5.06. The molecular formula is C23H19N5O2S2. The van der Waals surface area contributed by atoms with E-state index in [4.69, 9.17) is 5.10 Å². The lowest BCUT2D eigenvalue weighted by Gasteiger charge is -2.10. The van der Waals surface area contributed by atoms with Crippen LogP contribution in [0.3, 0.4) is 0 Å². The van der Waals surface area contributed by atoms with Gasteiger partial charge in [-0.25, -0.2) is 8.42 Å². The third-order valence-corrected chi connectivity index (χ3v) is 7.32. The Labute approximate surface area is 189 Å². The SMILES string of the molecule is CCc1ccc(S(=O)(=O)Nc2cccc(-c3ccc4nnc(-c5cccs5)n4n3)c2)cc1. The van der Waals surface area contributed by atoms with Gasteiger partial charge in [-0.3, -0.25) is 4.72 Å². The summed E-state index contributed by atoms with van der Waals surface area (Å²) in [6.07, 6.45) is 0.855. The van der Waals surface area contributed by atoms with Crippen LogP contribution in [-0.2, 0) is 16.4 Å². The molecule has 3 aromatic heterocycles. The number of thiophene rings is 1. The number of anilines is 1. The number of nitrogens with zero attached hydrogens (tertiary/aromatic N) is 4. The first-order chi connectivity index (χ1) is 15.5. The number of benzene rings is 2. The van der Waals surface area contributed by atoms with Gasteiger partial charge in [0.1, 0.15) is 0 Å². The molecule has 0 fully saturated rings. The smallest absolute Gasteiger partial charge is 0.261 e. The van der Waals surface area contributed by atoms with Crippen molar-refractivity contribution in [2.45, 2.75) is 18.2 Å². The fourth-order valence-electron chi connectivity index (χ4n) is 3.36. The third kappa shape index (κ3) is 3.88. The minimum Gasteiger partial charge on any atom is -0.280 e. The van der Waals surface area contributed by atoms with Crippen LogP contribution < -0.4 is 4.72 Å². The van der Waals surface area contributed by atoms with Crippen LogP contribution in [0.15, 0.2) is 83.1 Å². The van der Waals surface area contributed by atoms with Crippen molar-refractivity contribution in [1.29, 1.82) is 0 Å². The van der Waals surface area contributed by atoms with E-state index in [0.29, 0.717) is 22.9 Å². The fraction of sp³-hybridized carbons (Fsp3) is 0.0870. The average Bonchev–Trinajstić information content (AvgIpc) is 3.48. The Morgan fingerprint density at radius 3 is 2.56 bits per heavy atom. The number of fused-ring (bicyclic) bond motifs is 1. The summed E-state index contributed by atoms with van der Waals surface area (Å²) in [6.45, 7) is 2.03. The largest absolute Gasteiger partial charge is 0.280 e. The van der Waals surface area contributed by atoms with E-state index in [1.54, 1.807) is 46.2 Å². The zero-order chi connectivity index (χ0) is 22.1. The number of sulfonamides is 1. The highest BCUT2D eigenvalue weighted by molar-refractivity contribution is 7.92. The molecule has 0 amide bonds. The van der Waals surface area contributed by atoms with Crippen molar-refractivity contribution in [3.63, 3.8) is 0 Å². The molecule has 0 saturated carbocycles. The molecule has 2 aromatic carbocycles. The number of aromatic nitrogens is 4. The molecule has 3 heterocycles. The summed E-state index contributed by atoms with van der Waals surface area (Å²) in [7, 11) is -3.69. The molecule has 0 radical (unpaired) electrons. The first kappa shape index (κ1) is 20.3. The second-order valence-corrected chi connectivity index (χ2v) is 9.80. The lowest BCUT2D eigenvalue weighted by molar-refractivity contribution is 0.601. The molecule has 0 aliphatic carbocycles. The molecular weight excluding hydrogens is 442 g/mol. The average molecular weight is 462 g/mol. The first-order valence-corrected chi connectivity index (χ1v) is 12.4. The minimum absolute atomic E-state index is 0.227. The number of aryl methyl sites for hydroxylation is 1. The van der Waals surface area contributed by atoms with Crippen molar-refractivity contribution in [3.8, 4) is 22.0 Å². The van der Waals surface area contributed by atoms with Crippen molar-refractivity contribution in [1.82, 2.24) is 19.8 Å². The van der Waals surface area contributed by atoms with Crippen molar-refractivity contribution in [3.05, 3.63) is 83.7 Å². The summed E-state index contributed by atoms with van der Waals surface area (Å²) >= 11 is 1.57. The second kappa shape index (κ2) is 8.18. The standard InChI is InChI=1S/C23H19N5O2S2/c1-2-16-8-10-19(11-9-16)32(29,30)27-18-6-3-5-17(15-18)20-12-13-22-24-25-23(28(22)26-20)21-7-4-14-31-21/h3-15,27H,2H2,1H3. The van der Waals surface area contributed by atoms with E-state index in [2.05, 4.69) is 14.9 Å². The van der Waals surface area contributed by atoms with E-state index in [1.165, 1.54) is 0 Å². The molecule has 5 rings (SSSR count). The van der Waals surface area contributed by atoms with Gasteiger partial charge in [-0.05, 0) is 59.8 Å². The van der Waals surface area contributed by atoms with E-state index in [1.807, 2.05) is 54.8 Å². The molecule has 0 spiro atoms. The zero-order valence-corrected chi connectivity index (χ0v) is 18.8. The summed E-state index contributed by atoms with van der Waals surface area (Å²) in [4.78, 5) is 1.20. The summed E-state index contributed by atoms with van der Waals surface area (Å²) < 4.78 is 30.0. The van der Waals surface area contributed by atoms with Gasteiger partial charge in [-0.2, -0.15) is 9.61 Å². The molecule has 0 bridgehead atoms. The van der Waals surface area contributed by atoms with Gasteiger partial charge in [-0.1, -0.05) is 37.3 Å². The molecule has 0 aliphatic heterocycles. The summed E-state index contributed by atoms with van der Waals surface area (Å²) in [5.74, 6) is 0.671. The molecule has 5 aromatic rings. The predicted molar refractivity (Wildman–Crippen MR) is 126 cm³/mol. The number of hydrogen-bond acceptors (Lipinski definition) is 6. The Balaban J connectivity index is 1.47. The number of nitrogens with one attached hydrogen (secondary N) is 1. The highest BCUT2D eigenvalue weighted by atomic mass is 32.2. The summed E-state index contributed by atoms with van der Waals surface area (Å²) in [6, 6.07) is 21.7. The van der Waals surface area contributed by atoms with Crippen molar-refractivity contribution in [2.75, 3.05) is 4.72 Å². The molecule has 32 heavy (non-hydrogen) atoms. The van der Waals surface area contributed by atoms with E-state index >= 15 is 0 Å². The molecule has 160 valence electrons. The summed E-state index contributed by atoms with van der Waals surface area (Å²) in [5, 5.41) is 15.1. The van der Waals surface area contributed by atoms with E-state index in [9.17, 15) is 8.42 Å². The zero-order valence-electron chi connectivity index (χ0n) is 17.1. The van der Waals surface area contributed by atoms with E-state index < -0.39 is 10.0 Å². The first-order valence-electron chi connectivity index (χ1n) is 10.0. The highest BCUT2D eigenvalue weighted by Gasteiger charge is 2.15. The van der Waals surface area contributed by atoms with Gasteiger partial charge < -0.3 is 0 Å². The second-order valence-electron chi connectivity index (χ2n) is 7.17. The molecule has 0 saturated heterocycles. The molecule has 0 aliphatic rings. The Kier molecular flexibility index (Phi) is 5.20. The molecule has 1 N–H and O–H groups in total. The highest BCUT2D eigenvalue weighted by Crippen LogP contribution is 2.26. The maximum atomic E-state index is 12.8. The number of hydrogen-bond donors (Lipinski definition) is 1. The summed E-state index contributed by atoms with van der Waals surface area (Å²) in [5.41, 5.74) is 3.65. The van der Waals surface area contributed by atoms with Gasteiger partial charge in [0.05, 0.1) is 15.5 Å². The normalized spacial score (nSPS) is 11.7. The van der Waals surface area contributed by atoms with Crippen LogP contribution in [0, 0.1) is 0 Å². The van der Waals surface area contributed by atoms with Gasteiger partial charge in [0, 0.05) is 11.3 Å². The Bertz CT molecular complexity index is 1490. The molecule has 9 heteroatoms. The van der Waals surface area contributed by atoms with Crippen LogP contribution in [0.4, 0.5) is 5.69 Å². The van der Waals surface area contributed by atoms with Gasteiger partial charge in [0.25, 0.3) is 10.0 Å². The van der Waals surface area contributed by atoms with Gasteiger partial charge in [-0.15, -0.1) is 21.5 Å². The van der Waals surface area contributed by atoms with E-state index in [-0.39, 0.29) is 4.90 Å². The van der Waals surface area contributed by atoms with E-state index in [0.717, 1.165) is 22.4 Å².